The van der Waals surface area contributed by atoms with Crippen LogP contribution in [0.1, 0.15) is 33.1 Å². The molecule has 0 bridgehead atoms. The number of aromatic nitrogens is 2. The molecule has 0 radical (unpaired) electrons. The van der Waals surface area contributed by atoms with Gasteiger partial charge in [0.1, 0.15) is 11.5 Å². The summed E-state index contributed by atoms with van der Waals surface area (Å²) in [6.07, 6.45) is 0. The minimum absolute atomic E-state index is 0.102. The first-order chi connectivity index (χ1) is 15.5. The Morgan fingerprint density at radius 1 is 0.938 bits per heavy atom. The lowest BCUT2D eigenvalue weighted by Crippen LogP contribution is -2.48. The van der Waals surface area contributed by atoms with Crippen LogP contribution in [0.15, 0.2) is 48.5 Å². The summed E-state index contributed by atoms with van der Waals surface area (Å²) in [7, 11) is 0. The van der Waals surface area contributed by atoms with Crippen molar-refractivity contribution in [2.24, 2.45) is 0 Å². The Bertz CT molecular complexity index is 1080. The number of para-hydroxylation sites is 1. The molecule has 1 aliphatic rings. The van der Waals surface area contributed by atoms with Gasteiger partial charge in [-0.25, -0.2) is 4.98 Å². The number of hydrogen-bond donors (Lipinski definition) is 1. The third kappa shape index (κ3) is 4.55. The minimum atomic E-state index is -0.102. The van der Waals surface area contributed by atoms with E-state index in [-0.39, 0.29) is 5.91 Å². The third-order valence-electron chi connectivity index (χ3n) is 6.51. The lowest BCUT2D eigenvalue weighted by molar-refractivity contribution is 0.0942. The molecule has 32 heavy (non-hydrogen) atoms. The van der Waals surface area contributed by atoms with Crippen molar-refractivity contribution in [2.75, 3.05) is 44.2 Å². The molecule has 0 aliphatic carbocycles. The normalized spacial score (nSPS) is 14.6. The van der Waals surface area contributed by atoms with Crippen molar-refractivity contribution in [1.29, 1.82) is 0 Å². The van der Waals surface area contributed by atoms with Crippen molar-refractivity contribution in [1.82, 2.24) is 19.8 Å². The molecule has 6 heteroatoms. The number of aryl methyl sites for hydroxylation is 2. The molecule has 168 valence electrons. The van der Waals surface area contributed by atoms with Gasteiger partial charge in [0.25, 0.3) is 5.91 Å². The highest BCUT2D eigenvalue weighted by molar-refractivity contribution is 5.93. The first-order valence-electron chi connectivity index (χ1n) is 11.4. The Labute approximate surface area is 190 Å². The van der Waals surface area contributed by atoms with E-state index in [0.29, 0.717) is 12.2 Å². The van der Waals surface area contributed by atoms with Crippen LogP contribution in [0.25, 0.3) is 5.69 Å². The average molecular weight is 432 g/mol. The summed E-state index contributed by atoms with van der Waals surface area (Å²) >= 11 is 0. The molecule has 4 rings (SSSR count). The number of nitrogens with zero attached hydrogens (tertiary/aromatic N) is 4. The van der Waals surface area contributed by atoms with E-state index in [4.69, 9.17) is 0 Å². The zero-order chi connectivity index (χ0) is 22.7. The van der Waals surface area contributed by atoms with Crippen molar-refractivity contribution in [3.8, 4) is 5.69 Å². The maximum atomic E-state index is 12.8. The summed E-state index contributed by atoms with van der Waals surface area (Å²) in [6.45, 7) is 13.8. The largest absolute Gasteiger partial charge is 0.369 e. The molecule has 2 heterocycles. The van der Waals surface area contributed by atoms with E-state index in [0.717, 1.165) is 49.9 Å². The predicted octanol–water partition coefficient (Wildman–Crippen LogP) is 3.66. The zero-order valence-corrected chi connectivity index (χ0v) is 19.6. The van der Waals surface area contributed by atoms with Gasteiger partial charge in [0.2, 0.25) is 0 Å². The van der Waals surface area contributed by atoms with E-state index in [1.807, 2.05) is 48.7 Å². The van der Waals surface area contributed by atoms with E-state index in [1.165, 1.54) is 16.8 Å². The summed E-state index contributed by atoms with van der Waals surface area (Å²) in [6, 6.07) is 16.6. The Morgan fingerprint density at radius 3 is 2.38 bits per heavy atom. The van der Waals surface area contributed by atoms with Crippen molar-refractivity contribution in [2.45, 2.75) is 27.7 Å². The van der Waals surface area contributed by atoms with E-state index < -0.39 is 0 Å². The van der Waals surface area contributed by atoms with Crippen molar-refractivity contribution >= 4 is 11.6 Å². The van der Waals surface area contributed by atoms with Gasteiger partial charge in [-0.15, -0.1) is 0 Å². The summed E-state index contributed by atoms with van der Waals surface area (Å²) in [5.41, 5.74) is 6.45. The van der Waals surface area contributed by atoms with Gasteiger partial charge in [-0.05, 0) is 57.0 Å². The molecular formula is C26H33N5O. The van der Waals surface area contributed by atoms with Gasteiger partial charge in [-0.1, -0.05) is 30.3 Å². The van der Waals surface area contributed by atoms with Crippen LogP contribution in [0, 0.1) is 27.7 Å². The second-order valence-corrected chi connectivity index (χ2v) is 8.57. The quantitative estimate of drug-likeness (QED) is 0.647. The zero-order valence-electron chi connectivity index (χ0n) is 19.6. The fourth-order valence-corrected chi connectivity index (χ4v) is 4.52. The number of carbonyl (C=O) groups is 1. The Hall–Kier alpha value is -3.12. The van der Waals surface area contributed by atoms with E-state index in [9.17, 15) is 4.79 Å². The van der Waals surface area contributed by atoms with E-state index in [1.54, 1.807) is 0 Å². The smallest absolute Gasteiger partial charge is 0.271 e. The Kier molecular flexibility index (Phi) is 6.61. The number of amides is 1. The second kappa shape index (κ2) is 9.57. The maximum Gasteiger partial charge on any atom is 0.271 e. The number of piperazine rings is 1. The van der Waals surface area contributed by atoms with Crippen LogP contribution in [0.3, 0.4) is 0 Å². The third-order valence-corrected chi connectivity index (χ3v) is 6.51. The molecule has 1 N–H and O–H groups in total. The molecule has 6 nitrogen and oxygen atoms in total. The standard InChI is InChI=1S/C26H33N5O/c1-19-9-8-12-24(20(19)2)30-17-15-29(16-18-30)14-13-27-26(32)25-21(3)31(22(4)28-25)23-10-6-5-7-11-23/h5-12H,13-18H2,1-4H3,(H,27,32). The van der Waals surface area contributed by atoms with Crippen LogP contribution in [0.5, 0.6) is 0 Å². The van der Waals surface area contributed by atoms with Gasteiger partial charge in [0, 0.05) is 50.6 Å². The van der Waals surface area contributed by atoms with E-state index in [2.05, 4.69) is 52.1 Å². The maximum absolute atomic E-state index is 12.8. The van der Waals surface area contributed by atoms with Crippen molar-refractivity contribution in [3.05, 3.63) is 76.9 Å². The van der Waals surface area contributed by atoms with Gasteiger partial charge in [0.05, 0.1) is 5.69 Å². The lowest BCUT2D eigenvalue weighted by atomic mass is 10.1. The molecule has 1 saturated heterocycles. The van der Waals surface area contributed by atoms with Gasteiger partial charge < -0.3 is 14.8 Å². The molecule has 0 spiro atoms. The highest BCUT2D eigenvalue weighted by Gasteiger charge is 2.21. The summed E-state index contributed by atoms with van der Waals surface area (Å²) in [5.74, 6) is 0.718. The predicted molar refractivity (Wildman–Crippen MR) is 130 cm³/mol. The first-order valence-corrected chi connectivity index (χ1v) is 11.4. The molecule has 1 amide bonds. The highest BCUT2D eigenvalue weighted by Crippen LogP contribution is 2.23. The van der Waals surface area contributed by atoms with Crippen LogP contribution < -0.4 is 10.2 Å². The molecule has 1 aromatic heterocycles. The fourth-order valence-electron chi connectivity index (χ4n) is 4.52. The number of benzene rings is 2. The highest BCUT2D eigenvalue weighted by atomic mass is 16.1. The van der Waals surface area contributed by atoms with Crippen LogP contribution in [0.2, 0.25) is 0 Å². The number of carbonyl (C=O) groups excluding carboxylic acids is 1. The molecule has 0 unspecified atom stereocenters. The summed E-state index contributed by atoms with van der Waals surface area (Å²) in [5, 5.41) is 3.07. The molecular weight excluding hydrogens is 398 g/mol. The lowest BCUT2D eigenvalue weighted by Gasteiger charge is -2.37. The molecule has 0 atom stereocenters. The molecule has 3 aromatic rings. The number of rotatable bonds is 6. The van der Waals surface area contributed by atoms with Gasteiger partial charge in [0.15, 0.2) is 0 Å². The minimum Gasteiger partial charge on any atom is -0.369 e. The van der Waals surface area contributed by atoms with Crippen molar-refractivity contribution in [3.63, 3.8) is 0 Å². The Morgan fingerprint density at radius 2 is 1.66 bits per heavy atom. The number of hydrogen-bond acceptors (Lipinski definition) is 4. The molecule has 0 saturated carbocycles. The van der Waals surface area contributed by atoms with E-state index >= 15 is 0 Å². The fraction of sp³-hybridized carbons (Fsp3) is 0.385. The SMILES string of the molecule is Cc1cccc(N2CCN(CCNC(=O)c3nc(C)n(-c4ccccc4)c3C)CC2)c1C. The second-order valence-electron chi connectivity index (χ2n) is 8.57. The van der Waals surface area contributed by atoms with Crippen LogP contribution in [-0.4, -0.2) is 59.6 Å². The molecule has 2 aromatic carbocycles. The Balaban J connectivity index is 1.29. The topological polar surface area (TPSA) is 53.4 Å². The number of anilines is 1. The van der Waals surface area contributed by atoms with Gasteiger partial charge >= 0.3 is 0 Å². The molecule has 1 aliphatic heterocycles. The van der Waals surface area contributed by atoms with Gasteiger partial charge in [-0.3, -0.25) is 9.69 Å². The average Bonchev–Trinajstić information content (AvgIpc) is 3.10. The van der Waals surface area contributed by atoms with Crippen LogP contribution in [0.4, 0.5) is 5.69 Å². The first kappa shape index (κ1) is 22.1. The summed E-state index contributed by atoms with van der Waals surface area (Å²) in [4.78, 5) is 22.2. The monoisotopic (exact) mass is 431 g/mol. The van der Waals surface area contributed by atoms with Crippen LogP contribution in [-0.2, 0) is 0 Å². The summed E-state index contributed by atoms with van der Waals surface area (Å²) < 4.78 is 2.03. The van der Waals surface area contributed by atoms with Crippen LogP contribution >= 0.6 is 0 Å². The number of nitrogens with one attached hydrogen (secondary N) is 1. The van der Waals surface area contributed by atoms with Crippen molar-refractivity contribution < 1.29 is 4.79 Å². The number of imidazole rings is 1. The molecule has 1 fully saturated rings. The van der Waals surface area contributed by atoms with Gasteiger partial charge in [-0.2, -0.15) is 0 Å².